The number of piperazine rings is 1. The number of amides is 1. The summed E-state index contributed by atoms with van der Waals surface area (Å²) >= 11 is 1.24. The highest BCUT2D eigenvalue weighted by Gasteiger charge is 2.28. The molecular weight excluding hydrogens is 460 g/mol. The maximum absolute atomic E-state index is 13.0. The highest BCUT2D eigenvalue weighted by atomic mass is 32.2. The summed E-state index contributed by atoms with van der Waals surface area (Å²) in [6.07, 6.45) is 0. The largest absolute Gasteiger partial charge is 0.483 e. The summed E-state index contributed by atoms with van der Waals surface area (Å²) in [5.74, 6) is 0.396. The van der Waals surface area contributed by atoms with E-state index >= 15 is 0 Å². The predicted molar refractivity (Wildman–Crippen MR) is 131 cm³/mol. The Morgan fingerprint density at radius 1 is 1.09 bits per heavy atom. The van der Waals surface area contributed by atoms with Crippen LogP contribution in [0.15, 0.2) is 35.2 Å². The van der Waals surface area contributed by atoms with Crippen LogP contribution in [0.2, 0.25) is 0 Å². The van der Waals surface area contributed by atoms with Crippen LogP contribution in [0.4, 0.5) is 5.13 Å². The van der Waals surface area contributed by atoms with Crippen molar-refractivity contribution in [3.05, 3.63) is 47.0 Å². The second kappa shape index (κ2) is 9.38. The van der Waals surface area contributed by atoms with Gasteiger partial charge in [0.2, 0.25) is 10.0 Å². The van der Waals surface area contributed by atoms with E-state index in [-0.39, 0.29) is 17.4 Å². The molecule has 0 spiro atoms. The van der Waals surface area contributed by atoms with Gasteiger partial charge in [-0.05, 0) is 62.7 Å². The van der Waals surface area contributed by atoms with Crippen LogP contribution in [-0.4, -0.2) is 68.3 Å². The van der Waals surface area contributed by atoms with Gasteiger partial charge in [-0.15, -0.1) is 0 Å². The smallest absolute Gasteiger partial charge is 0.264 e. The number of thiazole rings is 1. The van der Waals surface area contributed by atoms with Gasteiger partial charge >= 0.3 is 0 Å². The number of nitrogens with one attached hydrogen (secondary N) is 1. The van der Waals surface area contributed by atoms with Crippen LogP contribution in [0.1, 0.15) is 16.7 Å². The number of fused-ring (bicyclic) bond motifs is 1. The fourth-order valence-electron chi connectivity index (χ4n) is 3.74. The van der Waals surface area contributed by atoms with Gasteiger partial charge in [0, 0.05) is 26.2 Å². The van der Waals surface area contributed by atoms with Gasteiger partial charge in [0.25, 0.3) is 5.91 Å². The van der Waals surface area contributed by atoms with Crippen LogP contribution in [0.5, 0.6) is 5.75 Å². The lowest BCUT2D eigenvalue weighted by Gasteiger charge is -2.31. The summed E-state index contributed by atoms with van der Waals surface area (Å²) in [4.78, 5) is 19.2. The number of anilines is 1. The number of ether oxygens (including phenoxy) is 1. The van der Waals surface area contributed by atoms with Crippen LogP contribution in [-0.2, 0) is 14.8 Å². The first-order chi connectivity index (χ1) is 15.6. The third-order valence-corrected chi connectivity index (χ3v) is 8.76. The molecule has 10 heteroatoms. The first-order valence-electron chi connectivity index (χ1n) is 10.7. The maximum atomic E-state index is 13.0. The molecule has 1 aromatic heterocycles. The molecule has 1 aliphatic rings. The number of benzene rings is 2. The van der Waals surface area contributed by atoms with E-state index in [2.05, 4.69) is 15.2 Å². The normalized spacial score (nSPS) is 15.6. The summed E-state index contributed by atoms with van der Waals surface area (Å²) in [5.41, 5.74) is 3.72. The molecule has 4 rings (SSSR count). The minimum Gasteiger partial charge on any atom is -0.483 e. The van der Waals surface area contributed by atoms with E-state index in [1.807, 2.05) is 40.0 Å². The molecule has 0 bridgehead atoms. The Bertz CT molecular complexity index is 1300. The van der Waals surface area contributed by atoms with Gasteiger partial charge in [-0.2, -0.15) is 4.31 Å². The van der Waals surface area contributed by atoms with Gasteiger partial charge in [-0.25, -0.2) is 13.4 Å². The zero-order chi connectivity index (χ0) is 23.8. The molecule has 33 heavy (non-hydrogen) atoms. The number of rotatable bonds is 6. The van der Waals surface area contributed by atoms with Crippen LogP contribution in [0, 0.1) is 20.8 Å². The van der Waals surface area contributed by atoms with Gasteiger partial charge < -0.3 is 9.64 Å². The van der Waals surface area contributed by atoms with Crippen LogP contribution in [0.25, 0.3) is 10.2 Å². The molecule has 1 saturated heterocycles. The van der Waals surface area contributed by atoms with Crippen molar-refractivity contribution in [2.24, 2.45) is 0 Å². The predicted octanol–water partition coefficient (Wildman–Crippen LogP) is 3.18. The zero-order valence-electron chi connectivity index (χ0n) is 19.2. The molecular formula is C23H28N4O4S2. The number of aryl methyl sites for hydroxylation is 2. The van der Waals surface area contributed by atoms with Crippen molar-refractivity contribution >= 4 is 42.6 Å². The number of carbonyl (C=O) groups is 1. The van der Waals surface area contributed by atoms with E-state index in [9.17, 15) is 13.2 Å². The van der Waals surface area contributed by atoms with Gasteiger partial charge in [-0.3, -0.25) is 10.1 Å². The summed E-state index contributed by atoms with van der Waals surface area (Å²) < 4.78 is 34.0. The monoisotopic (exact) mass is 488 g/mol. The number of aromatic nitrogens is 1. The minimum atomic E-state index is -3.56. The number of likely N-dealkylation sites (N-methyl/N-ethyl adjacent to an activating group) is 1. The lowest BCUT2D eigenvalue weighted by Crippen LogP contribution is -2.46. The lowest BCUT2D eigenvalue weighted by molar-refractivity contribution is -0.118. The average Bonchev–Trinajstić information content (AvgIpc) is 3.18. The first kappa shape index (κ1) is 23.6. The highest BCUT2D eigenvalue weighted by Crippen LogP contribution is 2.30. The zero-order valence-corrected chi connectivity index (χ0v) is 20.8. The Kier molecular flexibility index (Phi) is 6.71. The quantitative estimate of drug-likeness (QED) is 0.573. The number of hydrogen-bond acceptors (Lipinski definition) is 7. The Morgan fingerprint density at radius 2 is 1.79 bits per heavy atom. The molecule has 0 aliphatic carbocycles. The molecule has 0 saturated carbocycles. The van der Waals surface area contributed by atoms with E-state index < -0.39 is 10.0 Å². The molecule has 1 amide bonds. The molecule has 0 radical (unpaired) electrons. The van der Waals surface area contributed by atoms with E-state index in [0.29, 0.717) is 47.3 Å². The summed E-state index contributed by atoms with van der Waals surface area (Å²) in [7, 11) is -1.58. The second-order valence-corrected chi connectivity index (χ2v) is 11.3. The molecule has 2 heterocycles. The van der Waals surface area contributed by atoms with Crippen molar-refractivity contribution < 1.29 is 17.9 Å². The third kappa shape index (κ3) is 5.03. The Labute approximate surface area is 198 Å². The van der Waals surface area contributed by atoms with Crippen molar-refractivity contribution in [2.45, 2.75) is 25.7 Å². The van der Waals surface area contributed by atoms with Crippen molar-refractivity contribution in [3.8, 4) is 5.75 Å². The van der Waals surface area contributed by atoms with Crippen molar-refractivity contribution in [1.82, 2.24) is 14.2 Å². The Morgan fingerprint density at radius 3 is 2.52 bits per heavy atom. The van der Waals surface area contributed by atoms with E-state index in [4.69, 9.17) is 4.74 Å². The Hall–Kier alpha value is -2.53. The molecule has 3 aromatic rings. The fourth-order valence-corrected chi connectivity index (χ4v) is 6.18. The van der Waals surface area contributed by atoms with Crippen LogP contribution in [0.3, 0.4) is 0 Å². The average molecular weight is 489 g/mol. The first-order valence-corrected chi connectivity index (χ1v) is 13.0. The molecule has 1 aliphatic heterocycles. The summed E-state index contributed by atoms with van der Waals surface area (Å²) in [6.45, 7) is 8.15. The van der Waals surface area contributed by atoms with Crippen LogP contribution >= 0.6 is 11.3 Å². The summed E-state index contributed by atoms with van der Waals surface area (Å²) in [5, 5.41) is 3.17. The van der Waals surface area contributed by atoms with E-state index in [0.717, 1.165) is 16.7 Å². The van der Waals surface area contributed by atoms with Crippen molar-refractivity contribution in [2.75, 3.05) is 45.2 Å². The molecule has 176 valence electrons. The van der Waals surface area contributed by atoms with Gasteiger partial charge in [0.15, 0.2) is 11.7 Å². The maximum Gasteiger partial charge on any atom is 0.264 e. The number of carbonyl (C=O) groups excluding carboxylic acids is 1. The SMILES string of the molecule is Cc1ccc(C)c(OCC(=O)Nc2nc3ccc(S(=O)(=O)N4CCN(C)CC4)cc3s2)c1C. The van der Waals surface area contributed by atoms with E-state index in [1.54, 1.807) is 18.2 Å². The molecule has 2 aromatic carbocycles. The highest BCUT2D eigenvalue weighted by molar-refractivity contribution is 7.89. The molecule has 1 fully saturated rings. The van der Waals surface area contributed by atoms with Crippen LogP contribution < -0.4 is 10.1 Å². The third-order valence-electron chi connectivity index (χ3n) is 5.93. The van der Waals surface area contributed by atoms with Gasteiger partial charge in [0.05, 0.1) is 15.1 Å². The van der Waals surface area contributed by atoms with E-state index in [1.165, 1.54) is 15.6 Å². The fraction of sp³-hybridized carbons (Fsp3) is 0.391. The number of nitrogens with zero attached hydrogens (tertiary/aromatic N) is 3. The standard InChI is InChI=1S/C23H28N4O4S2/c1-15-5-6-16(2)22(17(15)3)31-14-21(28)25-23-24-19-8-7-18(13-20(19)32-23)33(29,30)27-11-9-26(4)10-12-27/h5-8,13H,9-12,14H2,1-4H3,(H,24,25,28). The Balaban J connectivity index is 1.45. The molecule has 1 N–H and O–H groups in total. The van der Waals surface area contributed by atoms with Crippen molar-refractivity contribution in [3.63, 3.8) is 0 Å². The van der Waals surface area contributed by atoms with Crippen molar-refractivity contribution in [1.29, 1.82) is 0 Å². The minimum absolute atomic E-state index is 0.135. The molecule has 0 unspecified atom stereocenters. The lowest BCUT2D eigenvalue weighted by atomic mass is 10.1. The van der Waals surface area contributed by atoms with Gasteiger partial charge in [0.1, 0.15) is 5.75 Å². The molecule has 8 nitrogen and oxygen atoms in total. The molecule has 0 atom stereocenters. The topological polar surface area (TPSA) is 91.8 Å². The number of sulfonamides is 1. The van der Waals surface area contributed by atoms with Gasteiger partial charge in [-0.1, -0.05) is 23.5 Å². The summed E-state index contributed by atoms with van der Waals surface area (Å²) in [6, 6.07) is 8.88. The second-order valence-electron chi connectivity index (χ2n) is 8.35. The number of hydrogen-bond donors (Lipinski definition) is 1.